The number of aliphatic hydroxyl groups excluding tert-OH is 1. The van der Waals surface area contributed by atoms with Crippen LogP contribution in [0.3, 0.4) is 0 Å². The topological polar surface area (TPSA) is 94.8 Å². The molecule has 0 saturated heterocycles. The van der Waals surface area contributed by atoms with Gasteiger partial charge in [-0.3, -0.25) is 9.59 Å². The van der Waals surface area contributed by atoms with Crippen molar-refractivity contribution in [2.45, 2.75) is 19.8 Å². The van der Waals surface area contributed by atoms with Crippen LogP contribution in [0.1, 0.15) is 40.5 Å². The Labute approximate surface area is 121 Å². The third-order valence-corrected chi connectivity index (χ3v) is 3.39. The maximum absolute atomic E-state index is 12.3. The molecule has 110 valence electrons. The minimum Gasteiger partial charge on any atom is -0.507 e. The lowest BCUT2D eigenvalue weighted by atomic mass is 9.86. The summed E-state index contributed by atoms with van der Waals surface area (Å²) in [5.41, 5.74) is 0.785. The largest absolute Gasteiger partial charge is 0.507 e. The Bertz CT molecular complexity index is 667. The first-order valence-corrected chi connectivity index (χ1v) is 6.56. The number of phenolic OH excluding ortho intramolecular Hbond substituents is 2. The van der Waals surface area contributed by atoms with Crippen molar-refractivity contribution in [3.63, 3.8) is 0 Å². The second-order valence-electron chi connectivity index (χ2n) is 4.96. The van der Waals surface area contributed by atoms with E-state index in [-0.39, 0.29) is 34.8 Å². The molecule has 3 N–H and O–H groups in total. The summed E-state index contributed by atoms with van der Waals surface area (Å²) in [6.07, 6.45) is 3.82. The second-order valence-corrected chi connectivity index (χ2v) is 4.96. The molecule has 21 heavy (non-hydrogen) atoms. The molecule has 0 atom stereocenters. The number of allylic oxidation sites excluding steroid dienone is 3. The van der Waals surface area contributed by atoms with E-state index in [1.54, 1.807) is 13.0 Å². The lowest BCUT2D eigenvalue weighted by molar-refractivity contribution is 0.0976. The molecule has 0 radical (unpaired) electrons. The number of carbonyl (C=O) groups excluding carboxylic acids is 2. The highest BCUT2D eigenvalue weighted by molar-refractivity contribution is 6.26. The summed E-state index contributed by atoms with van der Waals surface area (Å²) in [5.74, 6) is -1.56. The average Bonchev–Trinajstić information content (AvgIpc) is 2.46. The molecule has 2 rings (SSSR count). The molecule has 1 aliphatic carbocycles. The van der Waals surface area contributed by atoms with Crippen molar-refractivity contribution in [2.24, 2.45) is 0 Å². The van der Waals surface area contributed by atoms with E-state index in [0.717, 1.165) is 5.57 Å². The Morgan fingerprint density at radius 1 is 1.14 bits per heavy atom. The molecular weight excluding hydrogens is 272 g/mol. The van der Waals surface area contributed by atoms with Crippen molar-refractivity contribution < 1.29 is 24.9 Å². The van der Waals surface area contributed by atoms with E-state index in [9.17, 15) is 19.8 Å². The highest BCUT2D eigenvalue weighted by atomic mass is 16.3. The molecule has 1 aromatic carbocycles. The van der Waals surface area contributed by atoms with Crippen LogP contribution in [0.4, 0.5) is 0 Å². The van der Waals surface area contributed by atoms with Crippen LogP contribution < -0.4 is 0 Å². The van der Waals surface area contributed by atoms with E-state index in [1.807, 2.05) is 0 Å². The first-order chi connectivity index (χ1) is 9.95. The predicted octanol–water partition coefficient (Wildman–Crippen LogP) is 2.12. The summed E-state index contributed by atoms with van der Waals surface area (Å²) < 4.78 is 0. The zero-order valence-electron chi connectivity index (χ0n) is 11.6. The number of benzene rings is 1. The minimum atomic E-state index is -0.490. The molecule has 0 spiro atoms. The molecule has 1 aliphatic rings. The summed E-state index contributed by atoms with van der Waals surface area (Å²) in [6.45, 7) is 1.71. The van der Waals surface area contributed by atoms with Crippen LogP contribution >= 0.6 is 0 Å². The Kier molecular flexibility index (Phi) is 4.23. The number of carbonyl (C=O) groups is 2. The third kappa shape index (κ3) is 2.87. The van der Waals surface area contributed by atoms with Gasteiger partial charge in [-0.05, 0) is 38.0 Å². The highest BCUT2D eigenvalue weighted by Crippen LogP contribution is 2.35. The number of hydrogen-bond acceptors (Lipinski definition) is 5. The maximum Gasteiger partial charge on any atom is 0.193 e. The standard InChI is InChI=1S/C16H16O5/c1-9(8-17)3-2-4-10-7-13(20)14-11(18)5-6-12(19)15(14)16(10)21/h3,5-7,17-19H,2,4,8H2,1H3. The van der Waals surface area contributed by atoms with Gasteiger partial charge < -0.3 is 15.3 Å². The summed E-state index contributed by atoms with van der Waals surface area (Å²) in [5, 5.41) is 28.4. The minimum absolute atomic E-state index is 0.0522. The van der Waals surface area contributed by atoms with Gasteiger partial charge in [0.1, 0.15) is 11.5 Å². The SMILES string of the molecule is CC(=CCCC1=CC(=O)c2c(O)ccc(O)c2C1=O)CO. The number of ketones is 2. The van der Waals surface area contributed by atoms with Crippen LogP contribution in [-0.2, 0) is 0 Å². The van der Waals surface area contributed by atoms with Gasteiger partial charge in [-0.25, -0.2) is 0 Å². The van der Waals surface area contributed by atoms with E-state index in [4.69, 9.17) is 5.11 Å². The zero-order chi connectivity index (χ0) is 15.6. The van der Waals surface area contributed by atoms with Crippen molar-refractivity contribution in [1.29, 1.82) is 0 Å². The maximum atomic E-state index is 12.3. The van der Waals surface area contributed by atoms with Crippen LogP contribution in [0.15, 0.2) is 35.4 Å². The molecule has 0 bridgehead atoms. The lowest BCUT2D eigenvalue weighted by Gasteiger charge is -2.16. The number of aromatic hydroxyl groups is 2. The molecule has 0 amide bonds. The molecule has 0 unspecified atom stereocenters. The molecule has 5 nitrogen and oxygen atoms in total. The number of hydrogen-bond donors (Lipinski definition) is 3. The van der Waals surface area contributed by atoms with Gasteiger partial charge in [-0.1, -0.05) is 11.6 Å². The van der Waals surface area contributed by atoms with Gasteiger partial charge in [0.15, 0.2) is 11.6 Å². The van der Waals surface area contributed by atoms with Gasteiger partial charge in [0.05, 0.1) is 17.7 Å². The summed E-state index contributed by atoms with van der Waals surface area (Å²) >= 11 is 0. The smallest absolute Gasteiger partial charge is 0.193 e. The van der Waals surface area contributed by atoms with E-state index in [0.29, 0.717) is 12.8 Å². The van der Waals surface area contributed by atoms with Crippen molar-refractivity contribution in [1.82, 2.24) is 0 Å². The fourth-order valence-electron chi connectivity index (χ4n) is 2.24. The van der Waals surface area contributed by atoms with Gasteiger partial charge in [-0.2, -0.15) is 0 Å². The second kappa shape index (κ2) is 5.93. The van der Waals surface area contributed by atoms with Crippen LogP contribution in [0, 0.1) is 0 Å². The summed E-state index contributed by atoms with van der Waals surface area (Å²) in [6, 6.07) is 2.38. The number of fused-ring (bicyclic) bond motifs is 1. The highest BCUT2D eigenvalue weighted by Gasteiger charge is 2.30. The van der Waals surface area contributed by atoms with Crippen LogP contribution in [0.5, 0.6) is 11.5 Å². The van der Waals surface area contributed by atoms with Crippen molar-refractivity contribution in [3.05, 3.63) is 46.6 Å². The first kappa shape index (κ1) is 15.0. The van der Waals surface area contributed by atoms with E-state index in [2.05, 4.69) is 0 Å². The van der Waals surface area contributed by atoms with E-state index < -0.39 is 11.6 Å². The fraction of sp³-hybridized carbons (Fsp3) is 0.250. The molecule has 1 aromatic rings. The Balaban J connectivity index is 2.31. The normalized spacial score (nSPS) is 15.0. The predicted molar refractivity (Wildman–Crippen MR) is 76.6 cm³/mol. The number of rotatable bonds is 4. The molecule has 0 saturated carbocycles. The lowest BCUT2D eigenvalue weighted by Crippen LogP contribution is -2.17. The van der Waals surface area contributed by atoms with Crippen molar-refractivity contribution in [2.75, 3.05) is 6.61 Å². The number of aliphatic hydroxyl groups is 1. The summed E-state index contributed by atoms with van der Waals surface area (Å²) in [7, 11) is 0. The molecule has 0 aromatic heterocycles. The molecule has 0 aliphatic heterocycles. The average molecular weight is 288 g/mol. The molecule has 0 fully saturated rings. The fourth-order valence-corrected chi connectivity index (χ4v) is 2.24. The van der Waals surface area contributed by atoms with E-state index >= 15 is 0 Å². The van der Waals surface area contributed by atoms with Crippen LogP contribution in [0.2, 0.25) is 0 Å². The third-order valence-electron chi connectivity index (χ3n) is 3.39. The van der Waals surface area contributed by atoms with Gasteiger partial charge in [0, 0.05) is 5.57 Å². The first-order valence-electron chi connectivity index (χ1n) is 6.56. The Morgan fingerprint density at radius 3 is 2.38 bits per heavy atom. The van der Waals surface area contributed by atoms with Crippen LogP contribution in [-0.4, -0.2) is 33.5 Å². The molecule has 0 heterocycles. The van der Waals surface area contributed by atoms with Crippen molar-refractivity contribution >= 4 is 11.6 Å². The monoisotopic (exact) mass is 288 g/mol. The van der Waals surface area contributed by atoms with Crippen LogP contribution in [0.25, 0.3) is 0 Å². The van der Waals surface area contributed by atoms with Gasteiger partial charge in [0.2, 0.25) is 0 Å². The van der Waals surface area contributed by atoms with Gasteiger partial charge in [-0.15, -0.1) is 0 Å². The zero-order valence-corrected chi connectivity index (χ0v) is 11.6. The van der Waals surface area contributed by atoms with Gasteiger partial charge >= 0.3 is 0 Å². The number of Topliss-reactive ketones (excluding diaryl/α,β-unsaturated/α-hetero) is 1. The number of phenols is 2. The van der Waals surface area contributed by atoms with Crippen molar-refractivity contribution in [3.8, 4) is 11.5 Å². The molecule has 5 heteroatoms. The Morgan fingerprint density at radius 2 is 1.76 bits per heavy atom. The summed E-state index contributed by atoms with van der Waals surface area (Å²) in [4.78, 5) is 24.3. The van der Waals surface area contributed by atoms with Gasteiger partial charge in [0.25, 0.3) is 0 Å². The quantitative estimate of drug-likeness (QED) is 0.582. The van der Waals surface area contributed by atoms with E-state index in [1.165, 1.54) is 18.2 Å². The Hall–Kier alpha value is -2.40. The molecular formula is C16H16O5.